The molecule has 0 unspecified atom stereocenters. The summed E-state index contributed by atoms with van der Waals surface area (Å²) in [6.45, 7) is 8.20. The van der Waals surface area contributed by atoms with Crippen molar-refractivity contribution in [2.75, 3.05) is 0 Å². The number of hydrogen-bond donors (Lipinski definition) is 3. The van der Waals surface area contributed by atoms with Crippen molar-refractivity contribution in [3.8, 4) is 11.5 Å². The molecule has 0 fully saturated rings. The zero-order valence-corrected chi connectivity index (χ0v) is 19.6. The van der Waals surface area contributed by atoms with E-state index in [0.717, 1.165) is 62.0 Å². The van der Waals surface area contributed by atoms with Gasteiger partial charge in [0.2, 0.25) is 0 Å². The second-order valence-corrected chi connectivity index (χ2v) is 8.41. The van der Waals surface area contributed by atoms with Crippen LogP contribution < -0.4 is 0 Å². The molecule has 0 radical (unpaired) electrons. The number of phenols is 2. The Labute approximate surface area is 191 Å². The molecule has 1 aromatic carbocycles. The van der Waals surface area contributed by atoms with Crippen LogP contribution in [-0.4, -0.2) is 27.6 Å². The van der Waals surface area contributed by atoms with E-state index in [4.69, 9.17) is 5.11 Å². The van der Waals surface area contributed by atoms with E-state index in [-0.39, 0.29) is 11.3 Å². The lowest BCUT2D eigenvalue weighted by Crippen LogP contribution is -1.98. The van der Waals surface area contributed by atoms with E-state index in [1.807, 2.05) is 19.1 Å². The summed E-state index contributed by atoms with van der Waals surface area (Å²) in [5.74, 6) is -1.85. The van der Waals surface area contributed by atoms with Crippen LogP contribution in [0.2, 0.25) is 0 Å². The van der Waals surface area contributed by atoms with Crippen LogP contribution in [0.25, 0.3) is 0 Å². The van der Waals surface area contributed by atoms with Gasteiger partial charge in [-0.3, -0.25) is 4.79 Å². The molecule has 5 nitrogen and oxygen atoms in total. The number of rotatable bonds is 13. The van der Waals surface area contributed by atoms with Gasteiger partial charge in [0, 0.05) is 5.56 Å². The molecule has 0 aliphatic heterocycles. The molecular weight excluding hydrogens is 404 g/mol. The molecule has 0 atom stereocenters. The van der Waals surface area contributed by atoms with Crippen LogP contribution in [0.1, 0.15) is 82.1 Å². The van der Waals surface area contributed by atoms with Gasteiger partial charge < -0.3 is 15.3 Å². The summed E-state index contributed by atoms with van der Waals surface area (Å²) in [7, 11) is 0. The van der Waals surface area contributed by atoms with Crippen LogP contribution >= 0.6 is 0 Å². The highest BCUT2D eigenvalue weighted by molar-refractivity contribution is 5.89. The monoisotopic (exact) mass is 440 g/mol. The van der Waals surface area contributed by atoms with E-state index >= 15 is 0 Å². The van der Waals surface area contributed by atoms with E-state index in [2.05, 4.69) is 32.9 Å². The number of carboxylic acid groups (broad SMARTS) is 1. The third-order valence-corrected chi connectivity index (χ3v) is 5.20. The first-order valence-corrected chi connectivity index (χ1v) is 11.0. The van der Waals surface area contributed by atoms with E-state index in [1.165, 1.54) is 17.2 Å². The number of allylic oxidation sites excluding steroid dienone is 8. The van der Waals surface area contributed by atoms with E-state index in [9.17, 15) is 19.8 Å². The Balaban J connectivity index is 2.53. The summed E-state index contributed by atoms with van der Waals surface area (Å²) in [5.41, 5.74) is 4.85. The van der Waals surface area contributed by atoms with Gasteiger partial charge in [-0.1, -0.05) is 41.0 Å². The first-order chi connectivity index (χ1) is 15.1. The van der Waals surface area contributed by atoms with Crippen LogP contribution in [0.15, 0.2) is 58.7 Å². The van der Waals surface area contributed by atoms with Crippen molar-refractivity contribution < 1.29 is 24.9 Å². The van der Waals surface area contributed by atoms with E-state index in [0.29, 0.717) is 12.0 Å². The summed E-state index contributed by atoms with van der Waals surface area (Å²) in [5, 5.41) is 28.8. The quantitative estimate of drug-likeness (QED) is 0.138. The molecule has 0 spiro atoms. The topological polar surface area (TPSA) is 94.8 Å². The van der Waals surface area contributed by atoms with Gasteiger partial charge in [-0.05, 0) is 90.3 Å². The predicted molar refractivity (Wildman–Crippen MR) is 129 cm³/mol. The lowest BCUT2D eigenvalue weighted by molar-refractivity contribution is -0.105. The number of aromatic hydroxyl groups is 2. The summed E-state index contributed by atoms with van der Waals surface area (Å²) in [4.78, 5) is 22.3. The highest BCUT2D eigenvalue weighted by Crippen LogP contribution is 2.31. The molecule has 0 heterocycles. The van der Waals surface area contributed by atoms with Gasteiger partial charge >= 0.3 is 5.97 Å². The van der Waals surface area contributed by atoms with Crippen molar-refractivity contribution in [1.82, 2.24) is 0 Å². The minimum Gasteiger partial charge on any atom is -0.504 e. The van der Waals surface area contributed by atoms with Crippen LogP contribution in [-0.2, 0) is 11.2 Å². The lowest BCUT2D eigenvalue weighted by Gasteiger charge is -2.07. The molecule has 32 heavy (non-hydrogen) atoms. The molecule has 3 N–H and O–H groups in total. The Morgan fingerprint density at radius 2 is 1.44 bits per heavy atom. The number of carboxylic acids is 1. The average Bonchev–Trinajstić information content (AvgIpc) is 2.73. The molecule has 0 saturated carbocycles. The van der Waals surface area contributed by atoms with Gasteiger partial charge in [0.05, 0.1) is 5.56 Å². The highest BCUT2D eigenvalue weighted by atomic mass is 16.4. The van der Waals surface area contributed by atoms with Gasteiger partial charge in [-0.25, -0.2) is 4.79 Å². The molecule has 0 aliphatic rings. The molecule has 174 valence electrons. The number of phenolic OH excluding ortho intramolecular Hbond substituents is 2. The van der Waals surface area contributed by atoms with Gasteiger partial charge in [0.1, 0.15) is 6.29 Å². The summed E-state index contributed by atoms with van der Waals surface area (Å²) >= 11 is 0. The third-order valence-electron chi connectivity index (χ3n) is 5.20. The molecule has 5 heteroatoms. The number of hydrogen-bond acceptors (Lipinski definition) is 4. The van der Waals surface area contributed by atoms with Crippen molar-refractivity contribution >= 4 is 12.3 Å². The zero-order valence-electron chi connectivity index (χ0n) is 19.6. The maximum Gasteiger partial charge on any atom is 0.335 e. The van der Waals surface area contributed by atoms with Crippen LogP contribution in [0.3, 0.4) is 0 Å². The fourth-order valence-corrected chi connectivity index (χ4v) is 3.21. The number of aldehydes is 1. The summed E-state index contributed by atoms with van der Waals surface area (Å²) in [6, 6.07) is 2.42. The maximum atomic E-state index is 11.2. The highest BCUT2D eigenvalue weighted by Gasteiger charge is 2.12. The summed E-state index contributed by atoms with van der Waals surface area (Å²) < 4.78 is 0. The molecule has 0 saturated heterocycles. The SMILES string of the molecule is CC(C)=CCC/C(C=O)=C\CC/C(C)=C/CC/C(C)=C/Cc1cc(C(=O)O)cc(O)c1O. The Morgan fingerprint density at radius 3 is 2.03 bits per heavy atom. The van der Waals surface area contributed by atoms with Crippen LogP contribution in [0, 0.1) is 0 Å². The normalized spacial score (nSPS) is 12.6. The van der Waals surface area contributed by atoms with Gasteiger partial charge in [-0.2, -0.15) is 0 Å². The Kier molecular flexibility index (Phi) is 11.9. The average molecular weight is 441 g/mol. The van der Waals surface area contributed by atoms with Gasteiger partial charge in [0.25, 0.3) is 0 Å². The number of benzene rings is 1. The molecular formula is C27H36O5. The second-order valence-electron chi connectivity index (χ2n) is 8.41. The predicted octanol–water partition coefficient (Wildman–Crippen LogP) is 6.66. The molecule has 1 aromatic rings. The molecule has 1 rings (SSSR count). The smallest absolute Gasteiger partial charge is 0.335 e. The van der Waals surface area contributed by atoms with Crippen molar-refractivity contribution in [1.29, 1.82) is 0 Å². The van der Waals surface area contributed by atoms with E-state index in [1.54, 1.807) is 0 Å². The minimum absolute atomic E-state index is 0.0522. The zero-order chi connectivity index (χ0) is 24.1. The van der Waals surface area contributed by atoms with Gasteiger partial charge in [-0.15, -0.1) is 0 Å². The van der Waals surface area contributed by atoms with Crippen LogP contribution in [0.5, 0.6) is 11.5 Å². The Morgan fingerprint density at radius 1 is 0.844 bits per heavy atom. The lowest BCUT2D eigenvalue weighted by atomic mass is 10.0. The second kappa shape index (κ2) is 14.1. The fourth-order valence-electron chi connectivity index (χ4n) is 3.21. The maximum absolute atomic E-state index is 11.2. The molecule has 0 bridgehead atoms. The largest absolute Gasteiger partial charge is 0.504 e. The summed E-state index contributed by atoms with van der Waals surface area (Å²) in [6.07, 6.45) is 14.8. The first kappa shape index (κ1) is 27.0. The third kappa shape index (κ3) is 10.3. The molecule has 0 aliphatic carbocycles. The number of aromatic carboxylic acids is 1. The molecule has 0 aromatic heterocycles. The minimum atomic E-state index is -1.15. The Hall–Kier alpha value is -3.08. The Bertz CT molecular complexity index is 912. The van der Waals surface area contributed by atoms with Crippen molar-refractivity contribution in [3.63, 3.8) is 0 Å². The van der Waals surface area contributed by atoms with Gasteiger partial charge in [0.15, 0.2) is 11.5 Å². The number of carbonyl (C=O) groups excluding carboxylic acids is 1. The standard InChI is InChI=1S/C27H36O5/c1-19(2)8-5-12-22(18-28)13-7-11-20(3)9-6-10-21(4)14-15-23-16-24(27(31)32)17-25(29)26(23)30/h8-9,13-14,16-18,29-30H,5-7,10-12,15H2,1-4H3,(H,31,32)/b20-9+,21-14+,22-13+. The van der Waals surface area contributed by atoms with Crippen molar-refractivity contribution in [3.05, 3.63) is 69.9 Å². The first-order valence-electron chi connectivity index (χ1n) is 11.0. The van der Waals surface area contributed by atoms with Crippen LogP contribution in [0.4, 0.5) is 0 Å². The van der Waals surface area contributed by atoms with Crippen molar-refractivity contribution in [2.45, 2.75) is 72.6 Å². The van der Waals surface area contributed by atoms with E-state index < -0.39 is 11.7 Å². The molecule has 0 amide bonds. The van der Waals surface area contributed by atoms with Crippen molar-refractivity contribution in [2.24, 2.45) is 0 Å². The fraction of sp³-hybridized carbons (Fsp3) is 0.407. The number of carbonyl (C=O) groups is 2.